The van der Waals surface area contributed by atoms with E-state index in [1.807, 2.05) is 12.1 Å². The predicted octanol–water partition coefficient (Wildman–Crippen LogP) is 2.82. The Labute approximate surface area is 115 Å². The van der Waals surface area contributed by atoms with Gasteiger partial charge in [0.1, 0.15) is 0 Å². The monoisotopic (exact) mass is 260 g/mol. The molecule has 3 nitrogen and oxygen atoms in total. The summed E-state index contributed by atoms with van der Waals surface area (Å²) in [5.41, 5.74) is 2.42. The van der Waals surface area contributed by atoms with Gasteiger partial charge in [-0.3, -0.25) is 4.79 Å². The zero-order valence-corrected chi connectivity index (χ0v) is 11.9. The molecule has 1 aromatic carbocycles. The second-order valence-corrected chi connectivity index (χ2v) is 5.37. The Morgan fingerprint density at radius 2 is 2.11 bits per heavy atom. The van der Waals surface area contributed by atoms with Gasteiger partial charge in [-0.15, -0.1) is 0 Å². The van der Waals surface area contributed by atoms with Gasteiger partial charge in [-0.25, -0.2) is 0 Å². The van der Waals surface area contributed by atoms with E-state index in [2.05, 4.69) is 36.6 Å². The van der Waals surface area contributed by atoms with Gasteiger partial charge in [-0.2, -0.15) is 0 Å². The predicted molar refractivity (Wildman–Crippen MR) is 79.2 cm³/mol. The lowest BCUT2D eigenvalue weighted by molar-refractivity contribution is -0.124. The fourth-order valence-corrected chi connectivity index (χ4v) is 2.59. The summed E-state index contributed by atoms with van der Waals surface area (Å²) in [6.45, 7) is 5.91. The second-order valence-electron chi connectivity index (χ2n) is 5.37. The van der Waals surface area contributed by atoms with E-state index in [0.717, 1.165) is 32.4 Å². The average Bonchev–Trinajstić information content (AvgIpc) is 2.47. The van der Waals surface area contributed by atoms with E-state index in [4.69, 9.17) is 0 Å². The Morgan fingerprint density at radius 3 is 2.84 bits per heavy atom. The maximum Gasteiger partial charge on any atom is 0.225 e. The molecule has 19 heavy (non-hydrogen) atoms. The van der Waals surface area contributed by atoms with Crippen LogP contribution >= 0.6 is 0 Å². The van der Waals surface area contributed by atoms with Crippen LogP contribution in [0.5, 0.6) is 0 Å². The van der Waals surface area contributed by atoms with E-state index < -0.39 is 0 Å². The van der Waals surface area contributed by atoms with Crippen LogP contribution in [-0.2, 0) is 11.2 Å². The third-order valence-corrected chi connectivity index (χ3v) is 4.11. The topological polar surface area (TPSA) is 41.1 Å². The van der Waals surface area contributed by atoms with E-state index >= 15 is 0 Å². The first-order valence-corrected chi connectivity index (χ1v) is 7.34. The van der Waals surface area contributed by atoms with Crippen molar-refractivity contribution in [2.24, 2.45) is 11.8 Å². The summed E-state index contributed by atoms with van der Waals surface area (Å²) in [7, 11) is 0. The summed E-state index contributed by atoms with van der Waals surface area (Å²) in [5.74, 6) is 0.853. The molecule has 1 aliphatic rings. The van der Waals surface area contributed by atoms with Gasteiger partial charge in [0.2, 0.25) is 5.91 Å². The minimum atomic E-state index is 0.0595. The summed E-state index contributed by atoms with van der Waals surface area (Å²) < 4.78 is 0. The summed E-state index contributed by atoms with van der Waals surface area (Å²) >= 11 is 0. The first-order chi connectivity index (χ1) is 9.24. The smallest absolute Gasteiger partial charge is 0.225 e. The molecule has 0 radical (unpaired) electrons. The van der Waals surface area contributed by atoms with Crippen LogP contribution in [0.3, 0.4) is 0 Å². The number of hydrogen-bond acceptors (Lipinski definition) is 2. The quantitative estimate of drug-likeness (QED) is 0.854. The minimum Gasteiger partial charge on any atom is -0.384 e. The highest BCUT2D eigenvalue weighted by Gasteiger charge is 2.24. The van der Waals surface area contributed by atoms with Crippen molar-refractivity contribution in [1.82, 2.24) is 5.32 Å². The average molecular weight is 260 g/mol. The Bertz CT molecular complexity index is 427. The lowest BCUT2D eigenvalue weighted by Crippen LogP contribution is -2.40. The number of carbonyl (C=O) groups excluding carboxylic acids is 1. The van der Waals surface area contributed by atoms with Crippen LogP contribution in [0, 0.1) is 11.8 Å². The Morgan fingerprint density at radius 1 is 1.37 bits per heavy atom. The highest BCUT2D eigenvalue weighted by molar-refractivity contribution is 5.80. The number of nitrogens with one attached hydrogen (secondary N) is 2. The summed E-state index contributed by atoms with van der Waals surface area (Å²) in [6.07, 6.45) is 3.10. The first kappa shape index (κ1) is 13.9. The van der Waals surface area contributed by atoms with Crippen molar-refractivity contribution in [2.75, 3.05) is 18.4 Å². The summed E-state index contributed by atoms with van der Waals surface area (Å²) in [4.78, 5) is 12.2. The molecule has 0 bridgehead atoms. The molecule has 1 amide bonds. The van der Waals surface area contributed by atoms with Gasteiger partial charge < -0.3 is 10.6 Å². The Balaban J connectivity index is 1.88. The number of carbonyl (C=O) groups is 1. The molecule has 1 aromatic rings. The van der Waals surface area contributed by atoms with Crippen molar-refractivity contribution in [3.05, 3.63) is 29.8 Å². The zero-order valence-electron chi connectivity index (χ0n) is 11.9. The third kappa shape index (κ3) is 3.49. The molecule has 2 rings (SSSR count). The zero-order chi connectivity index (χ0) is 13.7. The van der Waals surface area contributed by atoms with E-state index in [0.29, 0.717) is 5.92 Å². The van der Waals surface area contributed by atoms with Crippen molar-refractivity contribution in [3.8, 4) is 0 Å². The molecular weight excluding hydrogens is 236 g/mol. The van der Waals surface area contributed by atoms with Crippen molar-refractivity contribution in [2.45, 2.75) is 33.1 Å². The molecule has 1 heterocycles. The van der Waals surface area contributed by atoms with Gasteiger partial charge in [0.05, 0.1) is 5.92 Å². The van der Waals surface area contributed by atoms with Gasteiger partial charge in [0.25, 0.3) is 0 Å². The SMILES string of the molecule is CCC(CC)CNC(=O)C1CNc2ccccc2C1. The number of fused-ring (bicyclic) bond motifs is 1. The van der Waals surface area contributed by atoms with Gasteiger partial charge >= 0.3 is 0 Å². The van der Waals surface area contributed by atoms with Crippen LogP contribution in [0.25, 0.3) is 0 Å². The van der Waals surface area contributed by atoms with E-state index in [9.17, 15) is 4.79 Å². The van der Waals surface area contributed by atoms with Gasteiger partial charge in [0.15, 0.2) is 0 Å². The van der Waals surface area contributed by atoms with Crippen molar-refractivity contribution in [1.29, 1.82) is 0 Å². The number of para-hydroxylation sites is 1. The van der Waals surface area contributed by atoms with Crippen LogP contribution in [0.2, 0.25) is 0 Å². The van der Waals surface area contributed by atoms with Crippen molar-refractivity contribution >= 4 is 11.6 Å². The lowest BCUT2D eigenvalue weighted by atomic mass is 9.93. The largest absolute Gasteiger partial charge is 0.384 e. The number of rotatable bonds is 5. The summed E-state index contributed by atoms with van der Waals surface area (Å²) in [5, 5.41) is 6.45. The molecule has 0 aliphatic carbocycles. The lowest BCUT2D eigenvalue weighted by Gasteiger charge is -2.26. The van der Waals surface area contributed by atoms with Crippen LogP contribution in [0.4, 0.5) is 5.69 Å². The number of benzene rings is 1. The fraction of sp³-hybridized carbons (Fsp3) is 0.562. The van der Waals surface area contributed by atoms with Crippen LogP contribution in [0.1, 0.15) is 32.3 Å². The molecule has 1 atom stereocenters. The standard InChI is InChI=1S/C16H24N2O/c1-3-12(4-2)10-18-16(19)14-9-13-7-5-6-8-15(13)17-11-14/h5-8,12,14,17H,3-4,9-11H2,1-2H3,(H,18,19). The number of hydrogen-bond donors (Lipinski definition) is 2. The molecule has 2 N–H and O–H groups in total. The highest BCUT2D eigenvalue weighted by atomic mass is 16.1. The van der Waals surface area contributed by atoms with E-state index in [1.54, 1.807) is 0 Å². The molecule has 0 fully saturated rings. The van der Waals surface area contributed by atoms with Crippen molar-refractivity contribution < 1.29 is 4.79 Å². The first-order valence-electron chi connectivity index (χ1n) is 7.34. The maximum absolute atomic E-state index is 12.2. The number of amides is 1. The van der Waals surface area contributed by atoms with E-state index in [-0.39, 0.29) is 11.8 Å². The molecule has 1 aliphatic heterocycles. The van der Waals surface area contributed by atoms with E-state index in [1.165, 1.54) is 11.3 Å². The van der Waals surface area contributed by atoms with Gasteiger partial charge in [-0.05, 0) is 24.0 Å². The maximum atomic E-state index is 12.2. The molecule has 1 unspecified atom stereocenters. The highest BCUT2D eigenvalue weighted by Crippen LogP contribution is 2.24. The normalized spacial score (nSPS) is 17.7. The van der Waals surface area contributed by atoms with Gasteiger partial charge in [-0.1, -0.05) is 44.9 Å². The molecule has 0 saturated carbocycles. The molecular formula is C16H24N2O. The Kier molecular flexibility index (Phi) is 4.83. The minimum absolute atomic E-state index is 0.0595. The third-order valence-electron chi connectivity index (χ3n) is 4.11. The van der Waals surface area contributed by atoms with Gasteiger partial charge in [0, 0.05) is 18.8 Å². The second kappa shape index (κ2) is 6.60. The van der Waals surface area contributed by atoms with Crippen LogP contribution < -0.4 is 10.6 Å². The number of anilines is 1. The molecule has 0 spiro atoms. The molecule has 0 aromatic heterocycles. The van der Waals surface area contributed by atoms with Crippen LogP contribution in [-0.4, -0.2) is 19.0 Å². The summed E-state index contributed by atoms with van der Waals surface area (Å²) in [6, 6.07) is 8.24. The fourth-order valence-electron chi connectivity index (χ4n) is 2.59. The molecule has 104 valence electrons. The molecule has 0 saturated heterocycles. The van der Waals surface area contributed by atoms with Crippen molar-refractivity contribution in [3.63, 3.8) is 0 Å². The van der Waals surface area contributed by atoms with Crippen LogP contribution in [0.15, 0.2) is 24.3 Å². The Hall–Kier alpha value is -1.51. The molecule has 3 heteroatoms.